The molecule has 1 aliphatic heterocycles. The van der Waals surface area contributed by atoms with E-state index in [2.05, 4.69) is 22.3 Å². The molecule has 3 rings (SSSR count). The fourth-order valence-electron chi connectivity index (χ4n) is 3.00. The van der Waals surface area contributed by atoms with Crippen LogP contribution in [0.15, 0.2) is 54.6 Å². The zero-order valence-electron chi connectivity index (χ0n) is 16.0. The molecule has 7 heteroatoms. The van der Waals surface area contributed by atoms with E-state index in [4.69, 9.17) is 21.7 Å². The van der Waals surface area contributed by atoms with Crippen LogP contribution in [0, 0.1) is 0 Å². The topological polar surface area (TPSA) is 54.0 Å². The summed E-state index contributed by atoms with van der Waals surface area (Å²) >= 11 is 5.44. The number of amides is 1. The van der Waals surface area contributed by atoms with E-state index in [-0.39, 0.29) is 5.91 Å². The van der Waals surface area contributed by atoms with Crippen LogP contribution in [0.2, 0.25) is 0 Å². The fraction of sp³-hybridized carbons (Fsp3) is 0.333. The second kappa shape index (κ2) is 10.1. The van der Waals surface area contributed by atoms with Gasteiger partial charge < -0.3 is 19.3 Å². The van der Waals surface area contributed by atoms with E-state index in [1.807, 2.05) is 23.1 Å². The number of nitrogens with zero attached hydrogens (tertiary/aromatic N) is 2. The van der Waals surface area contributed by atoms with Gasteiger partial charge in [-0.05, 0) is 48.6 Å². The first-order valence-electron chi connectivity index (χ1n) is 9.29. The predicted molar refractivity (Wildman–Crippen MR) is 114 cm³/mol. The Morgan fingerprint density at radius 3 is 2.32 bits per heavy atom. The summed E-state index contributed by atoms with van der Waals surface area (Å²) in [5.74, 6) is 0.493. The zero-order valence-corrected chi connectivity index (χ0v) is 16.8. The van der Waals surface area contributed by atoms with Crippen molar-refractivity contribution in [1.82, 2.24) is 10.2 Å². The van der Waals surface area contributed by atoms with Gasteiger partial charge in [0.2, 0.25) is 0 Å². The largest absolute Gasteiger partial charge is 0.491 e. The molecule has 0 aliphatic carbocycles. The third-order valence-electron chi connectivity index (χ3n) is 4.58. The fourth-order valence-corrected chi connectivity index (χ4v) is 3.28. The van der Waals surface area contributed by atoms with Gasteiger partial charge in [0, 0.05) is 44.5 Å². The number of ether oxygens (including phenoxy) is 2. The number of rotatable bonds is 6. The summed E-state index contributed by atoms with van der Waals surface area (Å²) < 4.78 is 10.5. The minimum atomic E-state index is -0.209. The van der Waals surface area contributed by atoms with Gasteiger partial charge in [0.15, 0.2) is 5.11 Å². The molecule has 0 atom stereocenters. The highest BCUT2D eigenvalue weighted by Gasteiger charge is 2.20. The van der Waals surface area contributed by atoms with Crippen molar-refractivity contribution in [1.29, 1.82) is 0 Å². The van der Waals surface area contributed by atoms with Gasteiger partial charge in [0.1, 0.15) is 12.4 Å². The molecule has 0 aromatic heterocycles. The third-order valence-corrected chi connectivity index (χ3v) is 4.94. The van der Waals surface area contributed by atoms with Crippen molar-refractivity contribution in [3.63, 3.8) is 0 Å². The number of anilines is 1. The smallest absolute Gasteiger partial charge is 0.257 e. The van der Waals surface area contributed by atoms with Crippen LogP contribution in [0.5, 0.6) is 5.75 Å². The molecule has 1 saturated heterocycles. The molecule has 2 aromatic carbocycles. The number of carbonyl (C=O) groups is 1. The van der Waals surface area contributed by atoms with Crippen LogP contribution < -0.4 is 15.0 Å². The number of piperazine rings is 1. The first-order valence-corrected chi connectivity index (χ1v) is 9.70. The summed E-state index contributed by atoms with van der Waals surface area (Å²) in [4.78, 5) is 16.8. The Morgan fingerprint density at radius 2 is 1.68 bits per heavy atom. The number of carbonyl (C=O) groups excluding carboxylic acids is 1. The lowest BCUT2D eigenvalue weighted by molar-refractivity contribution is 0.0973. The lowest BCUT2D eigenvalue weighted by atomic mass is 10.2. The molecule has 0 bridgehead atoms. The average Bonchev–Trinajstić information content (AvgIpc) is 2.75. The molecular formula is C21H25N3O3S. The molecule has 1 amide bonds. The van der Waals surface area contributed by atoms with E-state index < -0.39 is 0 Å². The molecule has 2 aromatic rings. The van der Waals surface area contributed by atoms with Crippen LogP contribution in [0.3, 0.4) is 0 Å². The van der Waals surface area contributed by atoms with Crippen LogP contribution in [0.4, 0.5) is 5.69 Å². The second-order valence-corrected chi connectivity index (χ2v) is 6.82. The van der Waals surface area contributed by atoms with Crippen LogP contribution >= 0.6 is 12.2 Å². The van der Waals surface area contributed by atoms with Crippen LogP contribution in [0.1, 0.15) is 10.4 Å². The highest BCUT2D eigenvalue weighted by atomic mass is 32.1. The second-order valence-electron chi connectivity index (χ2n) is 6.43. The quantitative estimate of drug-likeness (QED) is 0.595. The monoisotopic (exact) mass is 399 g/mol. The number of hydrogen-bond acceptors (Lipinski definition) is 5. The number of thiocarbonyl (C=S) groups is 1. The van der Waals surface area contributed by atoms with Crippen LogP contribution in [0.25, 0.3) is 0 Å². The number of benzene rings is 2. The highest BCUT2D eigenvalue weighted by Crippen LogP contribution is 2.16. The van der Waals surface area contributed by atoms with Crippen molar-refractivity contribution in [2.24, 2.45) is 0 Å². The molecule has 0 spiro atoms. The first-order chi connectivity index (χ1) is 13.7. The van der Waals surface area contributed by atoms with Gasteiger partial charge in [-0.3, -0.25) is 10.1 Å². The van der Waals surface area contributed by atoms with Gasteiger partial charge in [-0.15, -0.1) is 0 Å². The summed E-state index contributed by atoms with van der Waals surface area (Å²) in [5, 5.41) is 3.30. The van der Waals surface area contributed by atoms with E-state index in [1.54, 1.807) is 31.4 Å². The molecular weight excluding hydrogens is 374 g/mol. The van der Waals surface area contributed by atoms with Gasteiger partial charge in [0.25, 0.3) is 5.91 Å². The maximum atomic E-state index is 12.5. The summed E-state index contributed by atoms with van der Waals surface area (Å²) in [5.41, 5.74) is 1.76. The normalized spacial score (nSPS) is 13.9. The van der Waals surface area contributed by atoms with Gasteiger partial charge in [0.05, 0.1) is 6.61 Å². The molecule has 0 unspecified atom stereocenters. The number of para-hydroxylation sites is 1. The number of hydrogen-bond donors (Lipinski definition) is 1. The van der Waals surface area contributed by atoms with E-state index in [1.165, 1.54) is 5.69 Å². The Balaban J connectivity index is 1.47. The Labute approximate surface area is 171 Å². The van der Waals surface area contributed by atoms with Crippen molar-refractivity contribution >= 4 is 28.9 Å². The van der Waals surface area contributed by atoms with E-state index in [9.17, 15) is 4.79 Å². The summed E-state index contributed by atoms with van der Waals surface area (Å²) in [6.07, 6.45) is 0. The maximum absolute atomic E-state index is 12.5. The minimum Gasteiger partial charge on any atom is -0.491 e. The Morgan fingerprint density at radius 1 is 1.00 bits per heavy atom. The summed E-state index contributed by atoms with van der Waals surface area (Å²) in [7, 11) is 1.63. The van der Waals surface area contributed by atoms with Gasteiger partial charge in [-0.2, -0.15) is 0 Å². The molecule has 0 saturated carbocycles. The zero-order chi connectivity index (χ0) is 19.8. The number of methoxy groups -OCH3 is 1. The van der Waals surface area contributed by atoms with Gasteiger partial charge in [-0.25, -0.2) is 0 Å². The summed E-state index contributed by atoms with van der Waals surface area (Å²) in [6.45, 7) is 4.29. The van der Waals surface area contributed by atoms with E-state index in [0.717, 1.165) is 26.2 Å². The molecule has 1 aliphatic rings. The van der Waals surface area contributed by atoms with Crippen molar-refractivity contribution in [2.45, 2.75) is 0 Å². The molecule has 148 valence electrons. The van der Waals surface area contributed by atoms with Crippen molar-refractivity contribution in [3.8, 4) is 5.75 Å². The van der Waals surface area contributed by atoms with E-state index in [0.29, 0.717) is 29.6 Å². The van der Waals surface area contributed by atoms with Crippen molar-refractivity contribution in [3.05, 3.63) is 60.2 Å². The lowest BCUT2D eigenvalue weighted by Gasteiger charge is -2.37. The SMILES string of the molecule is COCCOc1ccc(C(=O)NC(=S)N2CCN(c3ccccc3)CC2)cc1. The lowest BCUT2D eigenvalue weighted by Crippen LogP contribution is -2.52. The van der Waals surface area contributed by atoms with Crippen LogP contribution in [-0.2, 0) is 4.74 Å². The molecule has 1 heterocycles. The van der Waals surface area contributed by atoms with E-state index >= 15 is 0 Å². The Bertz CT molecular complexity index is 775. The molecule has 1 N–H and O–H groups in total. The van der Waals surface area contributed by atoms with Crippen molar-refractivity contribution in [2.75, 3.05) is 51.4 Å². The average molecular weight is 400 g/mol. The van der Waals surface area contributed by atoms with Gasteiger partial charge >= 0.3 is 0 Å². The standard InChI is InChI=1S/C21H25N3O3S/c1-26-15-16-27-19-9-7-17(8-10-19)20(25)22-21(28)24-13-11-23(12-14-24)18-5-3-2-4-6-18/h2-10H,11-16H2,1H3,(H,22,25,28). The maximum Gasteiger partial charge on any atom is 0.257 e. The minimum absolute atomic E-state index is 0.209. The molecule has 28 heavy (non-hydrogen) atoms. The summed E-state index contributed by atoms with van der Waals surface area (Å²) in [6, 6.07) is 17.3. The predicted octanol–water partition coefficient (Wildman–Crippen LogP) is 2.55. The van der Waals surface area contributed by atoms with Crippen LogP contribution in [-0.4, -0.2) is 62.4 Å². The highest BCUT2D eigenvalue weighted by molar-refractivity contribution is 7.80. The van der Waals surface area contributed by atoms with Crippen molar-refractivity contribution < 1.29 is 14.3 Å². The molecule has 1 fully saturated rings. The Hall–Kier alpha value is -2.64. The van der Waals surface area contributed by atoms with Gasteiger partial charge in [-0.1, -0.05) is 18.2 Å². The molecule has 6 nitrogen and oxygen atoms in total. The molecule has 0 radical (unpaired) electrons. The Kier molecular flexibility index (Phi) is 7.22. The number of nitrogens with one attached hydrogen (secondary N) is 1. The third kappa shape index (κ3) is 5.43. The first kappa shape index (κ1) is 20.1.